The maximum Gasteiger partial charge on any atom is 0.300 e. The van der Waals surface area contributed by atoms with Crippen molar-refractivity contribution in [2.75, 3.05) is 19.1 Å². The van der Waals surface area contributed by atoms with E-state index >= 15 is 0 Å². The van der Waals surface area contributed by atoms with Gasteiger partial charge in [0.25, 0.3) is 11.7 Å². The third-order valence-electron chi connectivity index (χ3n) is 6.43. The first-order chi connectivity index (χ1) is 17.3. The Balaban J connectivity index is 1.81. The molecule has 0 bridgehead atoms. The van der Waals surface area contributed by atoms with Crippen LogP contribution in [0.1, 0.15) is 17.2 Å². The van der Waals surface area contributed by atoms with Crippen LogP contribution in [0.4, 0.5) is 5.69 Å². The fraction of sp³-hybridized carbons (Fsp3) is 0.143. The quantitative estimate of drug-likeness (QED) is 0.222. The molecule has 1 amide bonds. The predicted octanol–water partition coefficient (Wildman–Crippen LogP) is 5.48. The van der Waals surface area contributed by atoms with E-state index in [2.05, 4.69) is 0 Å². The minimum absolute atomic E-state index is 0.0484. The summed E-state index contributed by atoms with van der Waals surface area (Å²) in [5.41, 5.74) is 2.29. The number of aromatic nitrogens is 1. The molecule has 0 radical (unpaired) electrons. The molecule has 1 fully saturated rings. The van der Waals surface area contributed by atoms with E-state index in [1.807, 2.05) is 42.1 Å². The zero-order valence-corrected chi connectivity index (χ0v) is 20.6. The molecular weight excluding hydrogens is 480 g/mol. The van der Waals surface area contributed by atoms with Crippen LogP contribution >= 0.6 is 11.6 Å². The molecule has 2 heterocycles. The highest BCUT2D eigenvalue weighted by Gasteiger charge is 2.48. The van der Waals surface area contributed by atoms with E-state index in [-0.39, 0.29) is 16.9 Å². The smallest absolute Gasteiger partial charge is 0.300 e. The minimum atomic E-state index is -0.895. The number of carbonyl (C=O) groups is 2. The molecule has 5 rings (SSSR count). The van der Waals surface area contributed by atoms with Gasteiger partial charge < -0.3 is 19.1 Å². The van der Waals surface area contributed by atoms with Gasteiger partial charge in [-0.2, -0.15) is 0 Å². The zero-order chi connectivity index (χ0) is 25.6. The Bertz CT molecular complexity index is 1540. The number of anilines is 1. The number of aryl methyl sites for hydroxylation is 1. The summed E-state index contributed by atoms with van der Waals surface area (Å²) in [5.74, 6) is -0.976. The van der Waals surface area contributed by atoms with Gasteiger partial charge in [-0.1, -0.05) is 29.8 Å². The summed E-state index contributed by atoms with van der Waals surface area (Å²) in [6.07, 6.45) is 1.88. The average molecular weight is 503 g/mol. The van der Waals surface area contributed by atoms with Gasteiger partial charge in [0.1, 0.15) is 17.3 Å². The zero-order valence-electron chi connectivity index (χ0n) is 19.9. The van der Waals surface area contributed by atoms with Gasteiger partial charge in [-0.3, -0.25) is 14.5 Å². The summed E-state index contributed by atoms with van der Waals surface area (Å²) in [7, 11) is 4.90. The van der Waals surface area contributed by atoms with Crippen LogP contribution in [-0.2, 0) is 16.6 Å². The maximum absolute atomic E-state index is 13.5. The largest absolute Gasteiger partial charge is 0.507 e. The number of benzene rings is 3. The SMILES string of the molecule is COc1ccc(N2C(=O)C(=O)/C(=C(/O)c3cc(Cl)ccc3OC)C2c2cn(C)c3ccccc23)cc1. The molecule has 4 aromatic rings. The number of amides is 1. The summed E-state index contributed by atoms with van der Waals surface area (Å²) in [6, 6.07) is 18.4. The highest BCUT2D eigenvalue weighted by molar-refractivity contribution is 6.52. The Morgan fingerprint density at radius 1 is 0.972 bits per heavy atom. The summed E-state index contributed by atoms with van der Waals surface area (Å²) in [5, 5.41) is 12.7. The van der Waals surface area contributed by atoms with Crippen LogP contribution in [0, 0.1) is 0 Å². The van der Waals surface area contributed by atoms with Gasteiger partial charge in [0.05, 0.1) is 31.4 Å². The molecule has 1 aliphatic rings. The second-order valence-electron chi connectivity index (χ2n) is 8.42. The average Bonchev–Trinajstić information content (AvgIpc) is 3.37. The molecule has 1 unspecified atom stereocenters. The lowest BCUT2D eigenvalue weighted by molar-refractivity contribution is -0.132. The number of nitrogens with zero attached hydrogens (tertiary/aromatic N) is 2. The molecule has 1 aromatic heterocycles. The monoisotopic (exact) mass is 502 g/mol. The van der Waals surface area contributed by atoms with Crippen molar-refractivity contribution in [1.82, 2.24) is 4.57 Å². The van der Waals surface area contributed by atoms with E-state index in [0.717, 1.165) is 10.9 Å². The van der Waals surface area contributed by atoms with E-state index < -0.39 is 17.7 Å². The lowest BCUT2D eigenvalue weighted by atomic mass is 9.94. The van der Waals surface area contributed by atoms with Crippen molar-refractivity contribution in [2.45, 2.75) is 6.04 Å². The van der Waals surface area contributed by atoms with Crippen LogP contribution in [0.3, 0.4) is 0 Å². The third kappa shape index (κ3) is 3.69. The van der Waals surface area contributed by atoms with Gasteiger partial charge in [-0.05, 0) is 48.5 Å². The Hall–Kier alpha value is -4.23. The fourth-order valence-corrected chi connectivity index (χ4v) is 4.91. The second-order valence-corrected chi connectivity index (χ2v) is 8.86. The van der Waals surface area contributed by atoms with Crippen molar-refractivity contribution >= 4 is 45.6 Å². The van der Waals surface area contributed by atoms with Crippen molar-refractivity contribution in [3.63, 3.8) is 0 Å². The number of halogens is 1. The lowest BCUT2D eigenvalue weighted by Gasteiger charge is -2.25. The molecule has 7 nitrogen and oxygen atoms in total. The Morgan fingerprint density at radius 2 is 1.69 bits per heavy atom. The van der Waals surface area contributed by atoms with E-state index in [4.69, 9.17) is 21.1 Å². The van der Waals surface area contributed by atoms with Crippen LogP contribution in [0.15, 0.2) is 78.5 Å². The Labute approximate surface area is 212 Å². The number of aliphatic hydroxyl groups is 1. The van der Waals surface area contributed by atoms with E-state index in [1.54, 1.807) is 43.5 Å². The highest BCUT2D eigenvalue weighted by Crippen LogP contribution is 2.45. The second kappa shape index (κ2) is 9.09. The molecule has 8 heteroatoms. The standard InChI is InChI=1S/C28H23ClN2O5/c1-30-15-21(19-6-4-5-7-22(19)30)25-24(26(32)20-14-16(29)8-13-23(20)36-3)27(33)28(34)31(25)17-9-11-18(35-2)12-10-17/h4-15,25,32H,1-3H3/b26-24+. The number of carbonyl (C=O) groups excluding carboxylic acids is 2. The number of rotatable bonds is 5. The summed E-state index contributed by atoms with van der Waals surface area (Å²) in [6.45, 7) is 0. The summed E-state index contributed by atoms with van der Waals surface area (Å²) < 4.78 is 12.6. The number of aliphatic hydroxyl groups excluding tert-OH is 1. The topological polar surface area (TPSA) is 81.0 Å². The number of hydrogen-bond donors (Lipinski definition) is 1. The number of fused-ring (bicyclic) bond motifs is 1. The molecular formula is C28H23ClN2O5. The predicted molar refractivity (Wildman–Crippen MR) is 139 cm³/mol. The third-order valence-corrected chi connectivity index (χ3v) is 6.67. The van der Waals surface area contributed by atoms with E-state index in [1.165, 1.54) is 18.1 Å². The van der Waals surface area contributed by atoms with Crippen molar-refractivity contribution in [2.24, 2.45) is 7.05 Å². The van der Waals surface area contributed by atoms with Crippen LogP contribution in [0.5, 0.6) is 11.5 Å². The van der Waals surface area contributed by atoms with Crippen LogP contribution in [0.2, 0.25) is 5.02 Å². The normalized spacial score (nSPS) is 17.1. The number of para-hydroxylation sites is 1. The first-order valence-electron chi connectivity index (χ1n) is 11.2. The van der Waals surface area contributed by atoms with Gasteiger partial charge in [0.15, 0.2) is 0 Å². The number of hydrogen-bond acceptors (Lipinski definition) is 5. The van der Waals surface area contributed by atoms with Gasteiger partial charge in [0.2, 0.25) is 0 Å². The maximum atomic E-state index is 13.5. The first kappa shape index (κ1) is 23.5. The molecule has 0 aliphatic carbocycles. The minimum Gasteiger partial charge on any atom is -0.507 e. The number of ketones is 1. The number of Topliss-reactive ketones (excluding diaryl/α,β-unsaturated/α-hetero) is 1. The number of methoxy groups -OCH3 is 2. The van der Waals surface area contributed by atoms with Gasteiger partial charge in [-0.25, -0.2) is 0 Å². The van der Waals surface area contributed by atoms with Crippen molar-refractivity contribution in [3.05, 3.63) is 94.6 Å². The van der Waals surface area contributed by atoms with Crippen molar-refractivity contribution < 1.29 is 24.2 Å². The van der Waals surface area contributed by atoms with Crippen molar-refractivity contribution in [1.29, 1.82) is 0 Å². The van der Waals surface area contributed by atoms with E-state index in [9.17, 15) is 14.7 Å². The molecule has 1 saturated heterocycles. The van der Waals surface area contributed by atoms with Crippen LogP contribution in [-0.4, -0.2) is 35.6 Å². The Kier molecular flexibility index (Phi) is 5.94. The molecule has 0 spiro atoms. The van der Waals surface area contributed by atoms with Crippen LogP contribution < -0.4 is 14.4 Å². The Morgan fingerprint density at radius 3 is 2.39 bits per heavy atom. The summed E-state index contributed by atoms with van der Waals surface area (Å²) >= 11 is 6.21. The molecule has 1 aliphatic heterocycles. The molecule has 3 aromatic carbocycles. The fourth-order valence-electron chi connectivity index (χ4n) is 4.74. The van der Waals surface area contributed by atoms with Gasteiger partial charge >= 0.3 is 0 Å². The van der Waals surface area contributed by atoms with Gasteiger partial charge in [-0.15, -0.1) is 0 Å². The molecule has 36 heavy (non-hydrogen) atoms. The lowest BCUT2D eigenvalue weighted by Crippen LogP contribution is -2.29. The highest BCUT2D eigenvalue weighted by atomic mass is 35.5. The molecule has 1 atom stereocenters. The van der Waals surface area contributed by atoms with E-state index in [0.29, 0.717) is 27.8 Å². The molecule has 182 valence electrons. The molecule has 1 N–H and O–H groups in total. The van der Waals surface area contributed by atoms with Crippen LogP contribution in [0.25, 0.3) is 16.7 Å². The van der Waals surface area contributed by atoms with Crippen molar-refractivity contribution in [3.8, 4) is 11.5 Å². The summed E-state index contributed by atoms with van der Waals surface area (Å²) in [4.78, 5) is 28.4. The molecule has 0 saturated carbocycles. The van der Waals surface area contributed by atoms with Gasteiger partial charge in [0, 0.05) is 40.4 Å². The number of ether oxygens (including phenoxy) is 2. The first-order valence-corrected chi connectivity index (χ1v) is 11.6.